The fourth-order valence-corrected chi connectivity index (χ4v) is 2.87. The molecule has 130 valence electrons. The average Bonchev–Trinajstić information content (AvgIpc) is 3.01. The molecule has 3 heterocycles. The van der Waals surface area contributed by atoms with Crippen LogP contribution in [0.25, 0.3) is 16.9 Å². The van der Waals surface area contributed by atoms with E-state index in [1.165, 1.54) is 24.5 Å². The first-order valence-electron chi connectivity index (χ1n) is 7.58. The Morgan fingerprint density at radius 2 is 1.96 bits per heavy atom. The van der Waals surface area contributed by atoms with Crippen LogP contribution in [0.2, 0.25) is 5.15 Å². The van der Waals surface area contributed by atoms with Gasteiger partial charge in [0.15, 0.2) is 5.65 Å². The number of carboxylic acid groups (broad SMARTS) is 1. The SMILES string of the molecule is O=C(O)N1C=CC(c2c(-c3ccc(F)cc3)nc3ccc(Cl)nn23)C=N1. The molecule has 1 aliphatic heterocycles. The van der Waals surface area contributed by atoms with Crippen molar-refractivity contribution in [3.63, 3.8) is 0 Å². The van der Waals surface area contributed by atoms with Crippen LogP contribution in [0, 0.1) is 5.82 Å². The van der Waals surface area contributed by atoms with Crippen LogP contribution in [0.3, 0.4) is 0 Å². The van der Waals surface area contributed by atoms with Gasteiger partial charge in [-0.05, 0) is 36.4 Å². The highest BCUT2D eigenvalue weighted by Gasteiger charge is 2.24. The maximum absolute atomic E-state index is 13.3. The number of amides is 1. The summed E-state index contributed by atoms with van der Waals surface area (Å²) in [6.07, 6.45) is 3.31. The molecule has 4 rings (SSSR count). The van der Waals surface area contributed by atoms with Gasteiger partial charge in [0.1, 0.15) is 11.0 Å². The minimum Gasteiger partial charge on any atom is -0.463 e. The molecule has 0 radical (unpaired) electrons. The Labute approximate surface area is 151 Å². The van der Waals surface area contributed by atoms with Crippen molar-refractivity contribution < 1.29 is 14.3 Å². The third kappa shape index (κ3) is 2.80. The number of allylic oxidation sites excluding steroid dienone is 1. The van der Waals surface area contributed by atoms with Gasteiger partial charge in [-0.15, -0.1) is 0 Å². The molecule has 0 fully saturated rings. The summed E-state index contributed by atoms with van der Waals surface area (Å²) in [5.41, 5.74) is 2.50. The third-order valence-corrected chi connectivity index (χ3v) is 4.10. The van der Waals surface area contributed by atoms with Gasteiger partial charge in [-0.25, -0.2) is 18.7 Å². The number of imidazole rings is 1. The van der Waals surface area contributed by atoms with Crippen molar-refractivity contribution in [1.82, 2.24) is 19.6 Å². The van der Waals surface area contributed by atoms with Gasteiger partial charge in [0.25, 0.3) is 0 Å². The lowest BCUT2D eigenvalue weighted by Gasteiger charge is -2.17. The van der Waals surface area contributed by atoms with E-state index < -0.39 is 6.09 Å². The van der Waals surface area contributed by atoms with E-state index in [2.05, 4.69) is 15.2 Å². The number of aromatic nitrogens is 3. The minimum atomic E-state index is -1.19. The molecule has 0 saturated carbocycles. The first kappa shape index (κ1) is 16.2. The van der Waals surface area contributed by atoms with Gasteiger partial charge in [-0.3, -0.25) is 0 Å². The lowest BCUT2D eigenvalue weighted by atomic mass is 10.0. The van der Waals surface area contributed by atoms with Crippen molar-refractivity contribution in [3.8, 4) is 11.3 Å². The largest absolute Gasteiger partial charge is 0.463 e. The van der Waals surface area contributed by atoms with Crippen LogP contribution >= 0.6 is 11.6 Å². The molecule has 1 unspecified atom stereocenters. The summed E-state index contributed by atoms with van der Waals surface area (Å²) in [7, 11) is 0. The zero-order valence-corrected chi connectivity index (χ0v) is 13.9. The lowest BCUT2D eigenvalue weighted by molar-refractivity contribution is 0.164. The Morgan fingerprint density at radius 3 is 2.62 bits per heavy atom. The summed E-state index contributed by atoms with van der Waals surface area (Å²) in [5.74, 6) is -0.733. The molecule has 0 bridgehead atoms. The van der Waals surface area contributed by atoms with Gasteiger partial charge in [0.05, 0.1) is 17.3 Å². The Morgan fingerprint density at radius 1 is 1.19 bits per heavy atom. The molecule has 0 spiro atoms. The number of nitrogens with zero attached hydrogens (tertiary/aromatic N) is 5. The summed E-state index contributed by atoms with van der Waals surface area (Å²) < 4.78 is 14.9. The second-order valence-corrected chi connectivity index (χ2v) is 5.92. The molecular formula is C17H11ClFN5O2. The summed E-state index contributed by atoms with van der Waals surface area (Å²) in [6.45, 7) is 0. The molecule has 1 N–H and O–H groups in total. The molecule has 0 aliphatic carbocycles. The van der Waals surface area contributed by atoms with E-state index in [1.807, 2.05) is 0 Å². The van der Waals surface area contributed by atoms with Crippen molar-refractivity contribution >= 4 is 29.6 Å². The van der Waals surface area contributed by atoms with E-state index in [-0.39, 0.29) is 16.9 Å². The van der Waals surface area contributed by atoms with Gasteiger partial charge in [0, 0.05) is 18.0 Å². The smallest absolute Gasteiger partial charge is 0.432 e. The molecule has 1 atom stereocenters. The maximum atomic E-state index is 13.3. The van der Waals surface area contributed by atoms with Gasteiger partial charge in [-0.1, -0.05) is 17.7 Å². The normalized spacial score (nSPS) is 16.4. The topological polar surface area (TPSA) is 83.1 Å². The van der Waals surface area contributed by atoms with E-state index >= 15 is 0 Å². The number of hydrogen-bond donors (Lipinski definition) is 1. The Hall–Kier alpha value is -3.26. The highest BCUT2D eigenvalue weighted by atomic mass is 35.5. The first-order chi connectivity index (χ1) is 12.5. The monoisotopic (exact) mass is 371 g/mol. The molecule has 2 aromatic heterocycles. The number of hydrazone groups is 1. The first-order valence-corrected chi connectivity index (χ1v) is 7.96. The van der Waals surface area contributed by atoms with Crippen molar-refractivity contribution in [2.45, 2.75) is 5.92 Å². The van der Waals surface area contributed by atoms with E-state index in [0.717, 1.165) is 5.01 Å². The zero-order valence-electron chi connectivity index (χ0n) is 13.1. The second kappa shape index (κ2) is 6.23. The number of benzene rings is 1. The number of rotatable bonds is 2. The van der Waals surface area contributed by atoms with E-state index in [4.69, 9.17) is 16.7 Å². The van der Waals surface area contributed by atoms with Crippen LogP contribution in [-0.2, 0) is 0 Å². The van der Waals surface area contributed by atoms with Gasteiger partial charge in [-0.2, -0.15) is 15.2 Å². The number of carbonyl (C=O) groups is 1. The average molecular weight is 372 g/mol. The Balaban J connectivity index is 1.89. The predicted octanol–water partition coefficient (Wildman–Crippen LogP) is 3.77. The molecule has 7 nitrogen and oxygen atoms in total. The summed E-state index contributed by atoms with van der Waals surface area (Å²) in [4.78, 5) is 15.6. The summed E-state index contributed by atoms with van der Waals surface area (Å²) in [6, 6.07) is 9.28. The summed E-state index contributed by atoms with van der Waals surface area (Å²) >= 11 is 6.02. The van der Waals surface area contributed by atoms with Crippen LogP contribution in [0.5, 0.6) is 0 Å². The van der Waals surface area contributed by atoms with Gasteiger partial charge >= 0.3 is 6.09 Å². The van der Waals surface area contributed by atoms with Crippen LogP contribution < -0.4 is 0 Å². The van der Waals surface area contributed by atoms with E-state index in [9.17, 15) is 9.18 Å². The van der Waals surface area contributed by atoms with E-state index in [1.54, 1.807) is 34.9 Å². The predicted molar refractivity (Wildman–Crippen MR) is 93.6 cm³/mol. The number of fused-ring (bicyclic) bond motifs is 1. The quantitative estimate of drug-likeness (QED) is 0.743. The van der Waals surface area contributed by atoms with Crippen LogP contribution in [0.1, 0.15) is 11.6 Å². The van der Waals surface area contributed by atoms with Gasteiger partial charge in [0.2, 0.25) is 0 Å². The highest BCUT2D eigenvalue weighted by molar-refractivity contribution is 6.29. The van der Waals surface area contributed by atoms with Gasteiger partial charge < -0.3 is 5.11 Å². The van der Waals surface area contributed by atoms with Crippen molar-refractivity contribution in [2.24, 2.45) is 5.10 Å². The molecule has 1 aromatic carbocycles. The minimum absolute atomic E-state index is 0.283. The molecule has 0 saturated heterocycles. The molecule has 1 amide bonds. The molecule has 3 aromatic rings. The molecule has 26 heavy (non-hydrogen) atoms. The highest BCUT2D eigenvalue weighted by Crippen LogP contribution is 2.31. The number of hydrogen-bond acceptors (Lipinski definition) is 4. The maximum Gasteiger partial charge on any atom is 0.432 e. The fraction of sp³-hybridized carbons (Fsp3) is 0.0588. The van der Waals surface area contributed by atoms with Crippen molar-refractivity contribution in [1.29, 1.82) is 0 Å². The van der Waals surface area contributed by atoms with Crippen LogP contribution in [-0.4, -0.2) is 37.0 Å². The second-order valence-electron chi connectivity index (χ2n) is 5.54. The summed E-state index contributed by atoms with van der Waals surface area (Å²) in [5, 5.41) is 18.3. The number of halogens is 2. The Kier molecular flexibility index (Phi) is 3.89. The van der Waals surface area contributed by atoms with Crippen molar-refractivity contribution in [3.05, 3.63) is 65.3 Å². The van der Waals surface area contributed by atoms with Crippen LogP contribution in [0.15, 0.2) is 53.8 Å². The van der Waals surface area contributed by atoms with E-state index in [0.29, 0.717) is 22.6 Å². The van der Waals surface area contributed by atoms with Crippen LogP contribution in [0.4, 0.5) is 9.18 Å². The Bertz CT molecular complexity index is 1050. The third-order valence-electron chi connectivity index (χ3n) is 3.90. The fourth-order valence-electron chi connectivity index (χ4n) is 2.73. The molecular weight excluding hydrogens is 361 g/mol. The molecule has 1 aliphatic rings. The lowest BCUT2D eigenvalue weighted by Crippen LogP contribution is -2.22. The van der Waals surface area contributed by atoms with Crippen molar-refractivity contribution in [2.75, 3.05) is 0 Å². The zero-order chi connectivity index (χ0) is 18.3. The molecule has 9 heteroatoms. The standard InChI is InChI=1S/C17H11ClFN5O2/c18-13-5-6-14-21-15(10-1-3-12(19)4-2-10)16(24(14)22-13)11-7-8-23(17(25)26)20-9-11/h1-9,11H,(H,25,26).